The molecule has 2 aromatic carbocycles. The summed E-state index contributed by atoms with van der Waals surface area (Å²) >= 11 is 0. The van der Waals surface area contributed by atoms with Gasteiger partial charge in [0.1, 0.15) is 22.9 Å². The van der Waals surface area contributed by atoms with Crippen LogP contribution >= 0.6 is 0 Å². The minimum atomic E-state index is -4.67. The summed E-state index contributed by atoms with van der Waals surface area (Å²) in [5.74, 6) is -9.77. The van der Waals surface area contributed by atoms with Gasteiger partial charge in [-0.2, -0.15) is 8.78 Å². The van der Waals surface area contributed by atoms with Gasteiger partial charge in [0.05, 0.1) is 18.9 Å². The van der Waals surface area contributed by atoms with Crippen LogP contribution < -0.4 is 4.74 Å². The Balaban J connectivity index is 1.53. The quantitative estimate of drug-likeness (QED) is 0.250. The lowest BCUT2D eigenvalue weighted by molar-refractivity contribution is -0.206. The third-order valence-corrected chi connectivity index (χ3v) is 5.55. The lowest BCUT2D eigenvalue weighted by atomic mass is 10.0. The van der Waals surface area contributed by atoms with Crippen LogP contribution in [0.3, 0.4) is 0 Å². The van der Waals surface area contributed by atoms with E-state index in [4.69, 9.17) is 9.47 Å². The smallest absolute Gasteiger partial charge is 0.429 e. The number of aromatic nitrogens is 1. The second-order valence-corrected chi connectivity index (χ2v) is 8.26. The highest BCUT2D eigenvalue weighted by molar-refractivity contribution is 5.60. The van der Waals surface area contributed by atoms with E-state index >= 15 is 0 Å². The lowest BCUT2D eigenvalue weighted by Gasteiger charge is -2.29. The molecule has 36 heavy (non-hydrogen) atoms. The van der Waals surface area contributed by atoms with Crippen molar-refractivity contribution in [2.45, 2.75) is 32.2 Å². The van der Waals surface area contributed by atoms with Crippen LogP contribution in [-0.2, 0) is 15.6 Å². The molecule has 0 atom stereocenters. The maximum absolute atomic E-state index is 14.6. The van der Waals surface area contributed by atoms with Gasteiger partial charge in [-0.25, -0.2) is 22.0 Å². The van der Waals surface area contributed by atoms with Crippen molar-refractivity contribution in [1.29, 1.82) is 0 Å². The molecule has 1 aliphatic rings. The van der Waals surface area contributed by atoms with Crippen LogP contribution in [0.25, 0.3) is 11.3 Å². The molecule has 11 heteroatoms. The molecule has 4 nitrogen and oxygen atoms in total. The first-order valence-corrected chi connectivity index (χ1v) is 11.0. The molecular weight excluding hydrogens is 495 g/mol. The Morgan fingerprint density at radius 1 is 0.917 bits per heavy atom. The van der Waals surface area contributed by atoms with E-state index in [1.807, 2.05) is 0 Å². The second kappa shape index (κ2) is 10.4. The number of halogens is 7. The van der Waals surface area contributed by atoms with E-state index < -0.39 is 52.8 Å². The number of nitrogens with zero attached hydrogens (tertiary/aromatic N) is 1. The van der Waals surface area contributed by atoms with Gasteiger partial charge in [-0.1, -0.05) is 19.4 Å². The van der Waals surface area contributed by atoms with E-state index in [9.17, 15) is 30.7 Å². The molecule has 0 saturated carbocycles. The zero-order valence-electron chi connectivity index (χ0n) is 18.8. The Labute approximate surface area is 201 Å². The summed E-state index contributed by atoms with van der Waals surface area (Å²) in [7, 11) is 0. The average molecular weight is 515 g/mol. The average Bonchev–Trinajstić information content (AvgIpc) is 2.82. The molecule has 2 heterocycles. The van der Waals surface area contributed by atoms with Crippen molar-refractivity contribution >= 4 is 0 Å². The fourth-order valence-corrected chi connectivity index (χ4v) is 3.82. The van der Waals surface area contributed by atoms with Gasteiger partial charge in [0, 0.05) is 35.4 Å². The van der Waals surface area contributed by atoms with Crippen molar-refractivity contribution in [3.63, 3.8) is 0 Å². The molecule has 0 radical (unpaired) electrons. The van der Waals surface area contributed by atoms with E-state index in [0.717, 1.165) is 12.8 Å². The molecule has 1 aromatic heterocycles. The van der Waals surface area contributed by atoms with Gasteiger partial charge in [-0.15, -0.1) is 0 Å². The first kappa shape index (κ1) is 25.9. The molecule has 4 rings (SSSR count). The fourth-order valence-electron chi connectivity index (χ4n) is 3.82. The van der Waals surface area contributed by atoms with Gasteiger partial charge in [0.15, 0.2) is 23.7 Å². The maximum Gasteiger partial charge on any atom is 0.432 e. The van der Waals surface area contributed by atoms with Crippen molar-refractivity contribution in [2.75, 3.05) is 13.2 Å². The highest BCUT2D eigenvalue weighted by Crippen LogP contribution is 2.37. The number of ether oxygens (including phenoxy) is 3. The summed E-state index contributed by atoms with van der Waals surface area (Å²) in [5.41, 5.74) is -1.29. The van der Waals surface area contributed by atoms with E-state index in [2.05, 4.69) is 16.6 Å². The van der Waals surface area contributed by atoms with Crippen molar-refractivity contribution < 1.29 is 44.9 Å². The number of hydrogen-bond donors (Lipinski definition) is 0. The summed E-state index contributed by atoms with van der Waals surface area (Å²) in [5, 5.41) is 0. The zero-order valence-corrected chi connectivity index (χ0v) is 18.8. The molecule has 1 saturated heterocycles. The van der Waals surface area contributed by atoms with Crippen LogP contribution in [-0.4, -0.2) is 18.2 Å². The largest absolute Gasteiger partial charge is 0.432 e. The Morgan fingerprint density at radius 2 is 1.53 bits per heavy atom. The van der Waals surface area contributed by atoms with Crippen LogP contribution in [0, 0.1) is 35.0 Å². The minimum absolute atomic E-state index is 0.0784. The summed E-state index contributed by atoms with van der Waals surface area (Å²) < 4.78 is 113. The predicted octanol–water partition coefficient (Wildman–Crippen LogP) is 7.03. The SMILES string of the molecule is CCCC1COC(c2ccc(-c3cc(F)c(C(F)(F)Oc4cc(F)c(F)c(F)c4)c(F)c3)nc2)OC1. The normalized spacial score (nSPS) is 18.3. The van der Waals surface area contributed by atoms with E-state index in [0.29, 0.717) is 36.8 Å². The molecule has 3 aromatic rings. The van der Waals surface area contributed by atoms with Gasteiger partial charge in [0.25, 0.3) is 0 Å². The summed E-state index contributed by atoms with van der Waals surface area (Å²) in [6.45, 7) is 3.10. The van der Waals surface area contributed by atoms with Gasteiger partial charge in [-0.05, 0) is 24.6 Å². The number of hydrogen-bond acceptors (Lipinski definition) is 4. The Hall–Kier alpha value is -3.18. The predicted molar refractivity (Wildman–Crippen MR) is 113 cm³/mol. The molecule has 0 unspecified atom stereocenters. The molecule has 0 N–H and O–H groups in total. The molecule has 0 aliphatic carbocycles. The fraction of sp³-hybridized carbons (Fsp3) is 0.320. The first-order chi connectivity index (χ1) is 17.1. The van der Waals surface area contributed by atoms with Gasteiger partial charge >= 0.3 is 6.11 Å². The number of alkyl halides is 2. The van der Waals surface area contributed by atoms with Crippen molar-refractivity contribution in [2.24, 2.45) is 5.92 Å². The van der Waals surface area contributed by atoms with Crippen LogP contribution in [0.2, 0.25) is 0 Å². The number of rotatable bonds is 7. The van der Waals surface area contributed by atoms with E-state index in [-0.39, 0.29) is 23.4 Å². The highest BCUT2D eigenvalue weighted by Gasteiger charge is 2.41. The number of benzene rings is 2. The molecule has 1 aliphatic heterocycles. The minimum Gasteiger partial charge on any atom is -0.429 e. The summed E-state index contributed by atoms with van der Waals surface area (Å²) in [6, 6.07) is 4.50. The van der Waals surface area contributed by atoms with Crippen LogP contribution in [0.1, 0.15) is 37.2 Å². The summed E-state index contributed by atoms with van der Waals surface area (Å²) in [6.07, 6.45) is -1.96. The third kappa shape index (κ3) is 5.46. The Bertz CT molecular complexity index is 1180. The Kier molecular flexibility index (Phi) is 7.51. The molecular formula is C25H20F7NO3. The maximum atomic E-state index is 14.6. The topological polar surface area (TPSA) is 40.6 Å². The molecule has 1 fully saturated rings. The zero-order chi connectivity index (χ0) is 26.0. The van der Waals surface area contributed by atoms with Gasteiger partial charge in [-0.3, -0.25) is 4.98 Å². The highest BCUT2D eigenvalue weighted by atomic mass is 19.3. The summed E-state index contributed by atoms with van der Waals surface area (Å²) in [4.78, 5) is 4.12. The first-order valence-electron chi connectivity index (χ1n) is 11.0. The molecule has 0 spiro atoms. The van der Waals surface area contributed by atoms with Crippen LogP contribution in [0.15, 0.2) is 42.6 Å². The van der Waals surface area contributed by atoms with Crippen molar-refractivity contribution in [3.8, 4) is 17.0 Å². The molecule has 0 amide bonds. The Morgan fingerprint density at radius 3 is 2.06 bits per heavy atom. The van der Waals surface area contributed by atoms with E-state index in [1.54, 1.807) is 6.07 Å². The van der Waals surface area contributed by atoms with E-state index in [1.165, 1.54) is 12.3 Å². The van der Waals surface area contributed by atoms with Gasteiger partial charge in [0.2, 0.25) is 0 Å². The van der Waals surface area contributed by atoms with Crippen LogP contribution in [0.5, 0.6) is 5.75 Å². The third-order valence-electron chi connectivity index (χ3n) is 5.55. The lowest BCUT2D eigenvalue weighted by Crippen LogP contribution is -2.27. The van der Waals surface area contributed by atoms with Crippen molar-refractivity contribution in [3.05, 3.63) is 82.8 Å². The van der Waals surface area contributed by atoms with Gasteiger partial charge < -0.3 is 14.2 Å². The van der Waals surface area contributed by atoms with Crippen LogP contribution in [0.4, 0.5) is 30.7 Å². The standard InChI is InChI=1S/C25H20F7NO3/c1-2-3-13-11-34-24(35-12-13)14-4-5-21(33-10-14)15-6-17(26)22(18(27)7-15)25(31,32)36-16-8-19(28)23(30)20(29)9-16/h4-10,13,24H,2-3,11-12H2,1H3. The van der Waals surface area contributed by atoms with Crippen molar-refractivity contribution in [1.82, 2.24) is 4.98 Å². The molecule has 0 bridgehead atoms. The molecule has 192 valence electrons. The second-order valence-electron chi connectivity index (χ2n) is 8.26. The number of pyridine rings is 1. The monoisotopic (exact) mass is 515 g/mol.